The monoisotopic (exact) mass is 446 g/mol. The van der Waals surface area contributed by atoms with Crippen LogP contribution in [0.2, 0.25) is 0 Å². The number of carbonyl (C=O) groups is 1. The van der Waals surface area contributed by atoms with Gasteiger partial charge in [-0.2, -0.15) is 0 Å². The number of ether oxygens (including phenoxy) is 3. The molecule has 0 spiro atoms. The molecule has 1 aliphatic rings. The summed E-state index contributed by atoms with van der Waals surface area (Å²) in [6.45, 7) is 2.86. The van der Waals surface area contributed by atoms with E-state index in [1.807, 2.05) is 31.2 Å². The van der Waals surface area contributed by atoms with Crippen LogP contribution in [0.1, 0.15) is 28.9 Å². The van der Waals surface area contributed by atoms with Crippen LogP contribution in [0.4, 0.5) is 0 Å². The molecule has 3 aromatic heterocycles. The minimum Gasteiger partial charge on any atom is -0.486 e. The van der Waals surface area contributed by atoms with Gasteiger partial charge in [0.25, 0.3) is 11.5 Å². The minimum absolute atomic E-state index is 0.273. The van der Waals surface area contributed by atoms with Gasteiger partial charge in [-0.3, -0.25) is 9.59 Å². The Hall–Kier alpha value is -4.27. The zero-order chi connectivity index (χ0) is 22.9. The van der Waals surface area contributed by atoms with E-state index < -0.39 is 0 Å². The molecule has 4 aromatic rings. The molecule has 1 aromatic carbocycles. The molecule has 0 saturated carbocycles. The second kappa shape index (κ2) is 8.34. The molecule has 1 aliphatic heterocycles. The van der Waals surface area contributed by atoms with E-state index in [2.05, 4.69) is 15.3 Å². The molecule has 0 aliphatic carbocycles. The number of amides is 1. The van der Waals surface area contributed by atoms with E-state index in [0.29, 0.717) is 47.4 Å². The predicted octanol–water partition coefficient (Wildman–Crippen LogP) is 2.96. The molecule has 5 rings (SSSR count). The fourth-order valence-corrected chi connectivity index (χ4v) is 3.74. The van der Waals surface area contributed by atoms with Crippen LogP contribution in [0.15, 0.2) is 59.8 Å². The highest BCUT2D eigenvalue weighted by molar-refractivity contribution is 5.95. The smallest absolute Gasteiger partial charge is 0.272 e. The van der Waals surface area contributed by atoms with Gasteiger partial charge in [0.1, 0.15) is 18.7 Å². The van der Waals surface area contributed by atoms with Crippen LogP contribution in [0.25, 0.3) is 16.8 Å². The maximum atomic E-state index is 12.8. The van der Waals surface area contributed by atoms with Gasteiger partial charge >= 0.3 is 0 Å². The lowest BCUT2D eigenvalue weighted by atomic mass is 10.1. The van der Waals surface area contributed by atoms with E-state index in [0.717, 1.165) is 11.1 Å². The van der Waals surface area contributed by atoms with E-state index in [-0.39, 0.29) is 17.5 Å². The molecule has 0 fully saturated rings. The van der Waals surface area contributed by atoms with Gasteiger partial charge < -0.3 is 28.9 Å². The Bertz CT molecular complexity index is 1390. The quantitative estimate of drug-likeness (QED) is 0.488. The number of aromatic amines is 1. The number of pyridine rings is 1. The Labute approximate surface area is 189 Å². The van der Waals surface area contributed by atoms with Crippen LogP contribution in [-0.4, -0.2) is 40.6 Å². The number of benzene rings is 1. The van der Waals surface area contributed by atoms with E-state index in [1.54, 1.807) is 42.2 Å². The number of hydrogen-bond acceptors (Lipinski definition) is 6. The number of aromatic nitrogens is 3. The Morgan fingerprint density at radius 2 is 1.97 bits per heavy atom. The molecule has 9 nitrogen and oxygen atoms in total. The third-order valence-electron chi connectivity index (χ3n) is 5.53. The molecule has 4 heterocycles. The Balaban J connectivity index is 1.40. The van der Waals surface area contributed by atoms with Gasteiger partial charge in [-0.1, -0.05) is 6.07 Å². The summed E-state index contributed by atoms with van der Waals surface area (Å²) >= 11 is 0. The van der Waals surface area contributed by atoms with Gasteiger partial charge in [-0.25, -0.2) is 4.98 Å². The average Bonchev–Trinajstić information content (AvgIpc) is 3.29. The Morgan fingerprint density at radius 1 is 1.15 bits per heavy atom. The molecule has 9 heteroatoms. The predicted molar refractivity (Wildman–Crippen MR) is 121 cm³/mol. The van der Waals surface area contributed by atoms with E-state index in [4.69, 9.17) is 14.2 Å². The van der Waals surface area contributed by atoms with Gasteiger partial charge in [0.2, 0.25) is 5.88 Å². The standard InChI is InChI=1S/C24H22N4O5/c1-14(16-4-6-22(31-2)25-11-16)26-23(29)17-9-19-24(30)27-18(13-28(19)12-17)15-3-5-20-21(10-15)33-8-7-32-20/h3-6,9-14H,7-8H2,1-2H3,(H,26,29)(H,27,30)/t14-/m1/s1. The van der Waals surface area contributed by atoms with Crippen molar-refractivity contribution in [2.75, 3.05) is 20.3 Å². The molecule has 0 radical (unpaired) electrons. The molecule has 0 saturated heterocycles. The van der Waals surface area contributed by atoms with Crippen molar-refractivity contribution in [3.63, 3.8) is 0 Å². The summed E-state index contributed by atoms with van der Waals surface area (Å²) < 4.78 is 17.9. The summed E-state index contributed by atoms with van der Waals surface area (Å²) in [6, 6.07) is 10.4. The summed E-state index contributed by atoms with van der Waals surface area (Å²) in [5.74, 6) is 1.52. The number of methoxy groups -OCH3 is 1. The summed E-state index contributed by atoms with van der Waals surface area (Å²) in [7, 11) is 1.55. The summed E-state index contributed by atoms with van der Waals surface area (Å²) in [6.07, 6.45) is 5.07. The third-order valence-corrected chi connectivity index (χ3v) is 5.53. The first-order valence-electron chi connectivity index (χ1n) is 10.5. The lowest BCUT2D eigenvalue weighted by Crippen LogP contribution is -2.26. The summed E-state index contributed by atoms with van der Waals surface area (Å²) in [4.78, 5) is 32.6. The van der Waals surface area contributed by atoms with Crippen molar-refractivity contribution in [3.05, 3.63) is 76.5 Å². The largest absolute Gasteiger partial charge is 0.486 e. The first kappa shape index (κ1) is 20.6. The molecule has 33 heavy (non-hydrogen) atoms. The van der Waals surface area contributed by atoms with Crippen molar-refractivity contribution >= 4 is 11.4 Å². The Morgan fingerprint density at radius 3 is 2.73 bits per heavy atom. The maximum absolute atomic E-state index is 12.8. The first-order chi connectivity index (χ1) is 16.0. The highest BCUT2D eigenvalue weighted by Gasteiger charge is 2.17. The number of H-pyrrole nitrogens is 1. The van der Waals surface area contributed by atoms with Crippen LogP contribution in [0.5, 0.6) is 17.4 Å². The second-order valence-corrected chi connectivity index (χ2v) is 7.71. The lowest BCUT2D eigenvalue weighted by molar-refractivity contribution is 0.0940. The molecule has 1 atom stereocenters. The van der Waals surface area contributed by atoms with Crippen molar-refractivity contribution < 1.29 is 19.0 Å². The zero-order valence-electron chi connectivity index (χ0n) is 18.1. The lowest BCUT2D eigenvalue weighted by Gasteiger charge is -2.18. The van der Waals surface area contributed by atoms with Crippen molar-refractivity contribution in [3.8, 4) is 28.6 Å². The zero-order valence-corrected chi connectivity index (χ0v) is 18.1. The third kappa shape index (κ3) is 4.00. The average molecular weight is 446 g/mol. The van der Waals surface area contributed by atoms with Crippen LogP contribution >= 0.6 is 0 Å². The van der Waals surface area contributed by atoms with Crippen LogP contribution in [0.3, 0.4) is 0 Å². The van der Waals surface area contributed by atoms with E-state index in [1.165, 1.54) is 0 Å². The summed E-state index contributed by atoms with van der Waals surface area (Å²) in [5, 5.41) is 2.94. The fraction of sp³-hybridized carbons (Fsp3) is 0.208. The van der Waals surface area contributed by atoms with Gasteiger partial charge in [-0.05, 0) is 36.8 Å². The van der Waals surface area contributed by atoms with E-state index in [9.17, 15) is 9.59 Å². The molecular formula is C24H22N4O5. The molecular weight excluding hydrogens is 424 g/mol. The SMILES string of the molecule is COc1ccc([C@@H](C)NC(=O)c2cc3c(=O)[nH]c(-c4ccc5c(c4)OCCO5)cn3c2)cn1. The van der Waals surface area contributed by atoms with Crippen molar-refractivity contribution in [1.82, 2.24) is 19.7 Å². The van der Waals surface area contributed by atoms with Gasteiger partial charge in [0, 0.05) is 30.2 Å². The number of nitrogens with one attached hydrogen (secondary N) is 2. The van der Waals surface area contributed by atoms with Crippen LogP contribution in [0, 0.1) is 0 Å². The van der Waals surface area contributed by atoms with Crippen LogP contribution < -0.4 is 25.1 Å². The number of nitrogens with zero attached hydrogens (tertiary/aromatic N) is 2. The first-order valence-corrected chi connectivity index (χ1v) is 10.5. The number of hydrogen-bond donors (Lipinski definition) is 2. The van der Waals surface area contributed by atoms with Crippen molar-refractivity contribution in [2.24, 2.45) is 0 Å². The highest BCUT2D eigenvalue weighted by atomic mass is 16.6. The van der Waals surface area contributed by atoms with Crippen LogP contribution in [-0.2, 0) is 0 Å². The van der Waals surface area contributed by atoms with Gasteiger partial charge in [-0.15, -0.1) is 0 Å². The van der Waals surface area contributed by atoms with E-state index >= 15 is 0 Å². The maximum Gasteiger partial charge on any atom is 0.272 e. The molecule has 168 valence electrons. The molecule has 2 N–H and O–H groups in total. The van der Waals surface area contributed by atoms with Crippen molar-refractivity contribution in [1.29, 1.82) is 0 Å². The van der Waals surface area contributed by atoms with Gasteiger partial charge in [0.05, 0.1) is 24.4 Å². The minimum atomic E-state index is -0.297. The van der Waals surface area contributed by atoms with Gasteiger partial charge in [0.15, 0.2) is 11.5 Å². The number of carbonyl (C=O) groups excluding carboxylic acids is 1. The van der Waals surface area contributed by atoms with Crippen molar-refractivity contribution in [2.45, 2.75) is 13.0 Å². The molecule has 0 bridgehead atoms. The normalized spacial score (nSPS) is 13.5. The summed E-state index contributed by atoms with van der Waals surface area (Å²) in [5.41, 5.74) is 2.68. The number of rotatable bonds is 5. The molecule has 1 amide bonds. The molecule has 0 unspecified atom stereocenters. The fourth-order valence-electron chi connectivity index (χ4n) is 3.74. The Kier molecular flexibility index (Phi) is 5.21. The highest BCUT2D eigenvalue weighted by Crippen LogP contribution is 2.33. The second-order valence-electron chi connectivity index (χ2n) is 7.71. The number of fused-ring (bicyclic) bond motifs is 2. The topological polar surface area (TPSA) is 107 Å².